The fourth-order valence-electron chi connectivity index (χ4n) is 1.97. The molecule has 0 aliphatic carbocycles. The lowest BCUT2D eigenvalue weighted by Gasteiger charge is -2.12. The van der Waals surface area contributed by atoms with E-state index in [-0.39, 0.29) is 18.0 Å². The maximum atomic E-state index is 12.3. The summed E-state index contributed by atoms with van der Waals surface area (Å²) in [6.45, 7) is 1.74. The van der Waals surface area contributed by atoms with Crippen molar-refractivity contribution >= 4 is 21.4 Å². The number of anilines is 2. The Bertz CT molecular complexity index is 745. The first kappa shape index (κ1) is 17.3. The summed E-state index contributed by atoms with van der Waals surface area (Å²) in [5.41, 5.74) is 2.14. The third-order valence-corrected chi connectivity index (χ3v) is 4.58. The molecule has 0 radical (unpaired) electrons. The number of hydrogen-bond donors (Lipinski definition) is 4. The molecule has 4 N–H and O–H groups in total. The lowest BCUT2D eigenvalue weighted by molar-refractivity contribution is 0.105. The van der Waals surface area contributed by atoms with Gasteiger partial charge in [-0.1, -0.05) is 12.1 Å². The van der Waals surface area contributed by atoms with E-state index in [1.54, 1.807) is 30.3 Å². The Hall–Kier alpha value is -2.09. The molecule has 0 saturated heterocycles. The molecular weight excluding hydrogens is 316 g/mol. The highest BCUT2D eigenvalue weighted by Gasteiger charge is 2.14. The van der Waals surface area contributed by atoms with Crippen molar-refractivity contribution in [3.05, 3.63) is 54.1 Å². The number of rotatable bonds is 7. The molecule has 0 aliphatic heterocycles. The molecule has 1 atom stereocenters. The van der Waals surface area contributed by atoms with Crippen molar-refractivity contribution in [1.82, 2.24) is 0 Å². The third kappa shape index (κ3) is 4.95. The first-order chi connectivity index (χ1) is 10.9. The van der Waals surface area contributed by atoms with Gasteiger partial charge in [-0.05, 0) is 48.9 Å². The molecule has 0 amide bonds. The third-order valence-electron chi connectivity index (χ3n) is 3.19. The van der Waals surface area contributed by atoms with E-state index < -0.39 is 16.1 Å². The van der Waals surface area contributed by atoms with E-state index in [4.69, 9.17) is 5.11 Å². The fourth-order valence-corrected chi connectivity index (χ4v) is 3.02. The first-order valence-corrected chi connectivity index (χ1v) is 8.61. The van der Waals surface area contributed by atoms with Crippen LogP contribution in [0.4, 0.5) is 11.4 Å². The maximum absolute atomic E-state index is 12.3. The Morgan fingerprint density at radius 1 is 1.09 bits per heavy atom. The summed E-state index contributed by atoms with van der Waals surface area (Å²) in [5.74, 6) is 0. The molecule has 124 valence electrons. The van der Waals surface area contributed by atoms with Gasteiger partial charge in [0, 0.05) is 17.9 Å². The summed E-state index contributed by atoms with van der Waals surface area (Å²) in [6, 6.07) is 13.3. The molecule has 0 saturated carbocycles. The van der Waals surface area contributed by atoms with Crippen molar-refractivity contribution in [1.29, 1.82) is 0 Å². The van der Waals surface area contributed by atoms with Crippen LogP contribution in [0.25, 0.3) is 0 Å². The van der Waals surface area contributed by atoms with Gasteiger partial charge in [-0.3, -0.25) is 4.72 Å². The van der Waals surface area contributed by atoms with Crippen molar-refractivity contribution in [3.63, 3.8) is 0 Å². The topological polar surface area (TPSA) is 98.7 Å². The van der Waals surface area contributed by atoms with E-state index in [1.165, 1.54) is 12.1 Å². The fraction of sp³-hybridized carbons (Fsp3) is 0.250. The van der Waals surface area contributed by atoms with E-state index in [1.807, 2.05) is 13.0 Å². The van der Waals surface area contributed by atoms with Crippen LogP contribution < -0.4 is 10.0 Å². The van der Waals surface area contributed by atoms with Gasteiger partial charge in [0.25, 0.3) is 10.0 Å². The largest absolute Gasteiger partial charge is 0.394 e. The molecule has 0 bridgehead atoms. The highest BCUT2D eigenvalue weighted by molar-refractivity contribution is 7.92. The van der Waals surface area contributed by atoms with Gasteiger partial charge in [-0.25, -0.2) is 8.42 Å². The Labute approximate surface area is 135 Å². The molecule has 2 aromatic rings. The zero-order chi connectivity index (χ0) is 16.9. The van der Waals surface area contributed by atoms with Gasteiger partial charge < -0.3 is 15.5 Å². The predicted octanol–water partition coefficient (Wildman–Crippen LogP) is 1.56. The molecule has 0 aromatic heterocycles. The lowest BCUT2D eigenvalue weighted by atomic mass is 10.2. The summed E-state index contributed by atoms with van der Waals surface area (Å²) < 4.78 is 27.2. The molecule has 2 aromatic carbocycles. The summed E-state index contributed by atoms with van der Waals surface area (Å²) in [5, 5.41) is 20.9. The number of aliphatic hydroxyl groups excluding tert-OH is 2. The number of sulfonamides is 1. The summed E-state index contributed by atoms with van der Waals surface area (Å²) in [7, 11) is -3.65. The molecule has 0 spiro atoms. The average Bonchev–Trinajstić information content (AvgIpc) is 2.52. The Kier molecular flexibility index (Phi) is 5.59. The molecule has 0 fully saturated rings. The van der Waals surface area contributed by atoms with E-state index in [0.717, 1.165) is 5.56 Å². The monoisotopic (exact) mass is 336 g/mol. The van der Waals surface area contributed by atoms with Gasteiger partial charge >= 0.3 is 0 Å². The SMILES string of the molecule is Cc1cccc(NS(=O)(=O)c2ccc(NCC(O)CO)cc2)c1. The van der Waals surface area contributed by atoms with E-state index in [9.17, 15) is 13.5 Å². The van der Waals surface area contributed by atoms with Gasteiger partial charge in [0.05, 0.1) is 17.6 Å². The Morgan fingerprint density at radius 3 is 2.39 bits per heavy atom. The minimum Gasteiger partial charge on any atom is -0.394 e. The molecule has 0 heterocycles. The molecule has 6 nitrogen and oxygen atoms in total. The summed E-state index contributed by atoms with van der Waals surface area (Å²) in [4.78, 5) is 0.146. The lowest BCUT2D eigenvalue weighted by Crippen LogP contribution is -2.22. The molecule has 7 heteroatoms. The van der Waals surface area contributed by atoms with Crippen LogP contribution in [0.15, 0.2) is 53.4 Å². The second-order valence-corrected chi connectivity index (χ2v) is 6.90. The standard InChI is InChI=1S/C16H20N2O4S/c1-12-3-2-4-14(9-12)18-23(21,22)16-7-5-13(6-8-16)17-10-15(20)11-19/h2-9,15,17-20H,10-11H2,1H3. The van der Waals surface area contributed by atoms with Crippen LogP contribution in [0.5, 0.6) is 0 Å². The number of hydrogen-bond acceptors (Lipinski definition) is 5. The van der Waals surface area contributed by atoms with Crippen LogP contribution in [0, 0.1) is 6.92 Å². The van der Waals surface area contributed by atoms with Crippen LogP contribution in [0.3, 0.4) is 0 Å². The Morgan fingerprint density at radius 2 is 1.78 bits per heavy atom. The molecule has 1 unspecified atom stereocenters. The normalized spacial score (nSPS) is 12.7. The van der Waals surface area contributed by atoms with Crippen molar-refractivity contribution in [2.75, 3.05) is 23.2 Å². The minimum absolute atomic E-state index is 0.146. The Balaban J connectivity index is 2.08. The van der Waals surface area contributed by atoms with Crippen molar-refractivity contribution < 1.29 is 18.6 Å². The highest BCUT2D eigenvalue weighted by Crippen LogP contribution is 2.19. The van der Waals surface area contributed by atoms with Crippen LogP contribution in [0.2, 0.25) is 0 Å². The second kappa shape index (κ2) is 7.45. The second-order valence-electron chi connectivity index (χ2n) is 5.22. The van der Waals surface area contributed by atoms with Crippen LogP contribution in [0.1, 0.15) is 5.56 Å². The van der Waals surface area contributed by atoms with Gasteiger partial charge in [0.15, 0.2) is 0 Å². The van der Waals surface area contributed by atoms with Gasteiger partial charge in [0.2, 0.25) is 0 Å². The predicted molar refractivity (Wildman–Crippen MR) is 90.0 cm³/mol. The summed E-state index contributed by atoms with van der Waals surface area (Å²) in [6.07, 6.45) is -0.860. The van der Waals surface area contributed by atoms with Crippen LogP contribution >= 0.6 is 0 Å². The molecule has 0 aliphatic rings. The summed E-state index contributed by atoms with van der Waals surface area (Å²) >= 11 is 0. The van der Waals surface area contributed by atoms with Crippen molar-refractivity contribution in [2.24, 2.45) is 0 Å². The van der Waals surface area contributed by atoms with Gasteiger partial charge in [-0.15, -0.1) is 0 Å². The molecular formula is C16H20N2O4S. The average molecular weight is 336 g/mol. The number of aliphatic hydroxyl groups is 2. The van der Waals surface area contributed by atoms with Gasteiger partial charge in [0.1, 0.15) is 0 Å². The van der Waals surface area contributed by atoms with Crippen LogP contribution in [-0.2, 0) is 10.0 Å². The highest BCUT2D eigenvalue weighted by atomic mass is 32.2. The van der Waals surface area contributed by atoms with Crippen molar-refractivity contribution in [3.8, 4) is 0 Å². The zero-order valence-corrected chi connectivity index (χ0v) is 13.5. The van der Waals surface area contributed by atoms with E-state index >= 15 is 0 Å². The first-order valence-electron chi connectivity index (χ1n) is 7.13. The van der Waals surface area contributed by atoms with E-state index in [0.29, 0.717) is 11.4 Å². The van der Waals surface area contributed by atoms with E-state index in [2.05, 4.69) is 10.0 Å². The minimum atomic E-state index is -3.65. The molecule has 2 rings (SSSR count). The quantitative estimate of drug-likeness (QED) is 0.615. The zero-order valence-electron chi connectivity index (χ0n) is 12.7. The maximum Gasteiger partial charge on any atom is 0.261 e. The van der Waals surface area contributed by atoms with Crippen molar-refractivity contribution in [2.45, 2.75) is 17.9 Å². The number of nitrogens with one attached hydrogen (secondary N) is 2. The number of aryl methyl sites for hydroxylation is 1. The number of benzene rings is 2. The smallest absolute Gasteiger partial charge is 0.261 e. The molecule has 23 heavy (non-hydrogen) atoms. The van der Waals surface area contributed by atoms with Crippen LogP contribution in [-0.4, -0.2) is 37.9 Å². The van der Waals surface area contributed by atoms with Gasteiger partial charge in [-0.2, -0.15) is 0 Å².